The maximum absolute atomic E-state index is 12.7. The lowest BCUT2D eigenvalue weighted by Gasteiger charge is -2.27. The first kappa shape index (κ1) is 45.9. The van der Waals surface area contributed by atoms with Crippen molar-refractivity contribution in [3.05, 3.63) is 88.0 Å². The average Bonchev–Trinajstić information content (AvgIpc) is 3.11. The predicted molar refractivity (Wildman–Crippen MR) is 197 cm³/mol. The minimum Gasteiger partial charge on any atom is -0.341 e. The molecule has 296 valence electrons. The lowest BCUT2D eigenvalue weighted by Crippen LogP contribution is -2.49. The number of nitro benzene ring substituents is 4. The molecular formula is C34H48N8O12. The molecule has 0 aliphatic carbocycles. The first-order valence-corrected chi connectivity index (χ1v) is 17.3. The maximum Gasteiger partial charge on any atom is 0.277 e. The van der Waals surface area contributed by atoms with Crippen molar-refractivity contribution in [3.63, 3.8) is 0 Å². The molecule has 4 amide bonds. The topological polar surface area (TPSA) is 271 Å². The van der Waals surface area contributed by atoms with E-state index in [1.54, 1.807) is 9.80 Å². The van der Waals surface area contributed by atoms with Gasteiger partial charge in [-0.15, -0.1) is 0 Å². The van der Waals surface area contributed by atoms with Crippen LogP contribution in [0, 0.1) is 52.3 Å². The van der Waals surface area contributed by atoms with E-state index in [2.05, 4.69) is 10.6 Å². The van der Waals surface area contributed by atoms with Gasteiger partial charge in [0.2, 0.25) is 11.8 Å². The molecule has 2 rings (SSSR count). The van der Waals surface area contributed by atoms with Crippen LogP contribution in [0.3, 0.4) is 0 Å². The van der Waals surface area contributed by atoms with E-state index in [4.69, 9.17) is 0 Å². The van der Waals surface area contributed by atoms with Crippen LogP contribution < -0.4 is 10.6 Å². The number of nitro groups is 4. The quantitative estimate of drug-likeness (QED) is 0.150. The van der Waals surface area contributed by atoms with E-state index in [-0.39, 0.29) is 34.8 Å². The number of carbonyl (C=O) groups excluding carboxylic acids is 4. The Labute approximate surface area is 311 Å². The number of likely N-dealkylation sites (N-methyl/N-ethyl adjacent to an activating group) is 2. The monoisotopic (exact) mass is 760 g/mol. The second-order valence-electron chi connectivity index (χ2n) is 12.8. The highest BCUT2D eigenvalue weighted by Crippen LogP contribution is 2.24. The van der Waals surface area contributed by atoms with Gasteiger partial charge in [0, 0.05) is 50.4 Å². The zero-order valence-corrected chi connectivity index (χ0v) is 31.6. The predicted octanol–water partition coefficient (Wildman–Crippen LogP) is 5.03. The summed E-state index contributed by atoms with van der Waals surface area (Å²) in [4.78, 5) is 94.3. The van der Waals surface area contributed by atoms with Crippen molar-refractivity contribution < 1.29 is 38.9 Å². The number of hydrogen-bond donors (Lipinski definition) is 2. The Morgan fingerprint density at radius 1 is 0.519 bits per heavy atom. The molecule has 54 heavy (non-hydrogen) atoms. The summed E-state index contributed by atoms with van der Waals surface area (Å²) in [7, 11) is 0. The molecule has 0 aliphatic rings. The van der Waals surface area contributed by atoms with Gasteiger partial charge in [0.1, 0.15) is 12.1 Å². The zero-order chi connectivity index (χ0) is 41.4. The van der Waals surface area contributed by atoms with Crippen LogP contribution in [-0.2, 0) is 9.59 Å². The third-order valence-electron chi connectivity index (χ3n) is 7.94. The first-order valence-electron chi connectivity index (χ1n) is 17.3. The van der Waals surface area contributed by atoms with Gasteiger partial charge in [0.05, 0.1) is 43.0 Å². The molecule has 2 aromatic carbocycles. The Balaban J connectivity index is 0.000000540. The molecule has 20 nitrogen and oxygen atoms in total. The molecule has 2 aromatic rings. The summed E-state index contributed by atoms with van der Waals surface area (Å²) in [5.74, 6) is -1.85. The van der Waals surface area contributed by atoms with E-state index in [9.17, 15) is 59.6 Å². The molecule has 2 atom stereocenters. The summed E-state index contributed by atoms with van der Waals surface area (Å²) in [6, 6.07) is 3.74. The summed E-state index contributed by atoms with van der Waals surface area (Å²) in [5.41, 5.74) is -2.74. The fourth-order valence-electron chi connectivity index (χ4n) is 5.25. The van der Waals surface area contributed by atoms with Crippen molar-refractivity contribution in [1.29, 1.82) is 0 Å². The molecule has 0 saturated carbocycles. The van der Waals surface area contributed by atoms with Crippen molar-refractivity contribution in [2.24, 2.45) is 11.8 Å². The summed E-state index contributed by atoms with van der Waals surface area (Å²) in [5, 5.41) is 49.1. The Hall–Kier alpha value is -6.08. The number of benzene rings is 2. The van der Waals surface area contributed by atoms with Crippen molar-refractivity contribution in [2.45, 2.75) is 80.3 Å². The van der Waals surface area contributed by atoms with Crippen LogP contribution in [0.25, 0.3) is 0 Å². The largest absolute Gasteiger partial charge is 0.341 e. The number of rotatable bonds is 18. The van der Waals surface area contributed by atoms with E-state index in [1.165, 1.54) is 0 Å². The molecule has 0 spiro atoms. The van der Waals surface area contributed by atoms with Gasteiger partial charge in [0.25, 0.3) is 34.6 Å². The molecule has 0 fully saturated rings. The smallest absolute Gasteiger partial charge is 0.277 e. The highest BCUT2D eigenvalue weighted by Gasteiger charge is 2.29. The number of non-ortho nitro benzene ring substituents is 4. The Kier molecular flexibility index (Phi) is 18.2. The molecule has 0 bridgehead atoms. The SMILES string of the molecule is CCN(CC)C(=O)[C@H](CC(C)C)NC(=O)c1cc([N+](=O)[O-])cc([N+](=O)[O-])c1.CCN(CC)C(=O)[C@H](CC(C)C)NC(=O)c1cc([N+](=O)[O-])cc([N+](=O)[O-])c1. The normalized spacial score (nSPS) is 11.7. The maximum atomic E-state index is 12.7. The number of carbonyl (C=O) groups is 4. The molecule has 20 heteroatoms. The number of hydrogen-bond acceptors (Lipinski definition) is 12. The number of amides is 4. The summed E-state index contributed by atoms with van der Waals surface area (Å²) < 4.78 is 0. The molecular weight excluding hydrogens is 712 g/mol. The zero-order valence-electron chi connectivity index (χ0n) is 31.6. The third-order valence-corrected chi connectivity index (χ3v) is 7.94. The highest BCUT2D eigenvalue weighted by atomic mass is 16.6. The fourth-order valence-corrected chi connectivity index (χ4v) is 5.25. The van der Waals surface area contributed by atoms with Gasteiger partial charge < -0.3 is 20.4 Å². The minimum absolute atomic E-state index is 0.106. The Bertz CT molecular complexity index is 1520. The second kappa shape index (κ2) is 21.4. The molecule has 0 radical (unpaired) electrons. The average molecular weight is 761 g/mol. The molecule has 0 aliphatic heterocycles. The van der Waals surface area contributed by atoms with Gasteiger partial charge in [-0.25, -0.2) is 0 Å². The highest BCUT2D eigenvalue weighted by molar-refractivity contribution is 5.99. The number of nitrogens with one attached hydrogen (secondary N) is 2. The molecule has 0 aromatic heterocycles. The molecule has 0 unspecified atom stereocenters. The van der Waals surface area contributed by atoms with Crippen molar-refractivity contribution >= 4 is 46.4 Å². The van der Waals surface area contributed by atoms with Crippen molar-refractivity contribution in [3.8, 4) is 0 Å². The Morgan fingerprint density at radius 3 is 0.944 bits per heavy atom. The molecule has 0 saturated heterocycles. The number of nitrogens with zero attached hydrogens (tertiary/aromatic N) is 6. The van der Waals surface area contributed by atoms with Crippen LogP contribution in [0.2, 0.25) is 0 Å². The third kappa shape index (κ3) is 13.8. The Morgan fingerprint density at radius 2 is 0.759 bits per heavy atom. The van der Waals surface area contributed by atoms with Crippen LogP contribution in [0.5, 0.6) is 0 Å². The summed E-state index contributed by atoms with van der Waals surface area (Å²) >= 11 is 0. The van der Waals surface area contributed by atoms with E-state index in [0.29, 0.717) is 39.0 Å². The fraction of sp³-hybridized carbons (Fsp3) is 0.529. The van der Waals surface area contributed by atoms with Gasteiger partial charge >= 0.3 is 0 Å². The lowest BCUT2D eigenvalue weighted by atomic mass is 10.0. The van der Waals surface area contributed by atoms with Crippen LogP contribution >= 0.6 is 0 Å². The lowest BCUT2D eigenvalue weighted by molar-refractivity contribution is -0.394. The summed E-state index contributed by atoms with van der Waals surface area (Å²) in [6.07, 6.45) is 0.746. The van der Waals surface area contributed by atoms with Crippen molar-refractivity contribution in [1.82, 2.24) is 20.4 Å². The van der Waals surface area contributed by atoms with Gasteiger partial charge in [0.15, 0.2) is 0 Å². The van der Waals surface area contributed by atoms with E-state index < -0.39 is 66.3 Å². The van der Waals surface area contributed by atoms with E-state index >= 15 is 0 Å². The second-order valence-corrected chi connectivity index (χ2v) is 12.8. The van der Waals surface area contributed by atoms with Crippen LogP contribution in [0.4, 0.5) is 22.7 Å². The van der Waals surface area contributed by atoms with Gasteiger partial charge in [-0.1, -0.05) is 27.7 Å². The standard InChI is InChI=1S/2C17H24N4O6/c2*1-5-19(6-2)17(23)15(7-11(3)4)18-16(22)12-8-13(20(24)25)10-14(9-12)21(26)27/h2*8-11,15H,5-7H2,1-4H3,(H,18,22)/t2*15-/m00/s1. The van der Waals surface area contributed by atoms with E-state index in [0.717, 1.165) is 36.4 Å². The minimum atomic E-state index is -0.823. The van der Waals surface area contributed by atoms with Gasteiger partial charge in [-0.3, -0.25) is 59.6 Å². The molecule has 2 N–H and O–H groups in total. The summed E-state index contributed by atoms with van der Waals surface area (Å²) in [6.45, 7) is 16.8. The van der Waals surface area contributed by atoms with Crippen LogP contribution in [0.1, 0.15) is 88.9 Å². The van der Waals surface area contributed by atoms with E-state index in [1.807, 2.05) is 55.4 Å². The van der Waals surface area contributed by atoms with Gasteiger partial charge in [-0.05, 0) is 52.4 Å². The van der Waals surface area contributed by atoms with Crippen LogP contribution in [0.15, 0.2) is 36.4 Å². The van der Waals surface area contributed by atoms with Gasteiger partial charge in [-0.2, -0.15) is 0 Å². The van der Waals surface area contributed by atoms with Crippen LogP contribution in [-0.4, -0.2) is 91.4 Å². The first-order chi connectivity index (χ1) is 25.2. The molecule has 0 heterocycles. The van der Waals surface area contributed by atoms with Crippen molar-refractivity contribution in [2.75, 3.05) is 26.2 Å².